The third-order valence-corrected chi connectivity index (χ3v) is 2.01. The number of nitrogens with one attached hydrogen (secondary N) is 2. The number of hydrogen-bond donors (Lipinski definition) is 2. The van der Waals surface area contributed by atoms with Gasteiger partial charge in [-0.15, -0.1) is 0 Å². The summed E-state index contributed by atoms with van der Waals surface area (Å²) in [6, 6.07) is 3.21. The normalized spacial score (nSPS) is 9.73. The number of rotatable bonds is 4. The topological polar surface area (TPSA) is 71.3 Å². The highest BCUT2D eigenvalue weighted by Crippen LogP contribution is 2.13. The highest BCUT2D eigenvalue weighted by atomic mass is 79.9. The highest BCUT2D eigenvalue weighted by Gasteiger charge is 2.08. The molecule has 0 atom stereocenters. The molecule has 0 aliphatic heterocycles. The average Bonchev–Trinajstić information content (AvgIpc) is 2.59. The van der Waals surface area contributed by atoms with Crippen LogP contribution < -0.4 is 10.6 Å². The molecular formula is C9H11BrN2O3. The molecule has 6 heteroatoms. The van der Waals surface area contributed by atoms with Crippen molar-refractivity contribution in [1.82, 2.24) is 10.6 Å². The smallest absolute Gasteiger partial charge is 0.287 e. The van der Waals surface area contributed by atoms with Crippen LogP contribution in [0.15, 0.2) is 21.2 Å². The van der Waals surface area contributed by atoms with Crippen molar-refractivity contribution in [3.8, 4) is 0 Å². The highest BCUT2D eigenvalue weighted by molar-refractivity contribution is 9.10. The first-order chi connectivity index (χ1) is 7.09. The van der Waals surface area contributed by atoms with Crippen molar-refractivity contribution in [2.45, 2.75) is 6.92 Å². The molecule has 1 heterocycles. The molecule has 0 saturated carbocycles. The molecule has 1 aromatic rings. The average molecular weight is 275 g/mol. The van der Waals surface area contributed by atoms with Crippen molar-refractivity contribution >= 4 is 27.7 Å². The van der Waals surface area contributed by atoms with Crippen LogP contribution in [0.3, 0.4) is 0 Å². The molecule has 0 aromatic carbocycles. The molecule has 0 fully saturated rings. The van der Waals surface area contributed by atoms with E-state index in [0.717, 1.165) is 0 Å². The van der Waals surface area contributed by atoms with E-state index in [-0.39, 0.29) is 17.6 Å². The molecule has 1 rings (SSSR count). The number of hydrogen-bond acceptors (Lipinski definition) is 3. The number of furan rings is 1. The number of amides is 2. The van der Waals surface area contributed by atoms with E-state index in [4.69, 9.17) is 4.42 Å². The number of halogens is 1. The van der Waals surface area contributed by atoms with Gasteiger partial charge in [-0.25, -0.2) is 0 Å². The van der Waals surface area contributed by atoms with E-state index in [0.29, 0.717) is 17.8 Å². The van der Waals surface area contributed by atoms with Gasteiger partial charge in [0.2, 0.25) is 5.91 Å². The van der Waals surface area contributed by atoms with E-state index < -0.39 is 0 Å². The summed E-state index contributed by atoms with van der Waals surface area (Å²) in [7, 11) is 0. The summed E-state index contributed by atoms with van der Waals surface area (Å²) in [4.78, 5) is 21.9. The van der Waals surface area contributed by atoms with Gasteiger partial charge in [0.1, 0.15) is 0 Å². The summed E-state index contributed by atoms with van der Waals surface area (Å²) < 4.78 is 5.55. The lowest BCUT2D eigenvalue weighted by Gasteiger charge is -2.03. The van der Waals surface area contributed by atoms with Gasteiger partial charge < -0.3 is 15.1 Å². The molecule has 15 heavy (non-hydrogen) atoms. The quantitative estimate of drug-likeness (QED) is 0.802. The molecule has 0 aliphatic carbocycles. The third-order valence-electron chi connectivity index (χ3n) is 1.58. The van der Waals surface area contributed by atoms with Gasteiger partial charge >= 0.3 is 0 Å². The fraction of sp³-hybridized carbons (Fsp3) is 0.333. The molecule has 0 unspecified atom stereocenters. The van der Waals surface area contributed by atoms with Crippen molar-refractivity contribution < 1.29 is 14.0 Å². The Morgan fingerprint density at radius 3 is 2.53 bits per heavy atom. The minimum Gasteiger partial charge on any atom is -0.444 e. The van der Waals surface area contributed by atoms with Gasteiger partial charge in [0.25, 0.3) is 5.91 Å². The van der Waals surface area contributed by atoms with Gasteiger partial charge in [0.15, 0.2) is 10.4 Å². The van der Waals surface area contributed by atoms with Crippen LogP contribution in [-0.4, -0.2) is 24.9 Å². The summed E-state index contributed by atoms with van der Waals surface area (Å²) in [5.74, 6) is -0.180. The Balaban J connectivity index is 2.28. The predicted octanol–water partition coefficient (Wildman–Crippen LogP) is 0.908. The van der Waals surface area contributed by atoms with E-state index >= 15 is 0 Å². The van der Waals surface area contributed by atoms with Crippen LogP contribution in [0, 0.1) is 0 Å². The van der Waals surface area contributed by atoms with Crippen LogP contribution in [0.5, 0.6) is 0 Å². The predicted molar refractivity (Wildman–Crippen MR) is 57.4 cm³/mol. The van der Waals surface area contributed by atoms with Crippen LogP contribution in [0.4, 0.5) is 0 Å². The zero-order valence-corrected chi connectivity index (χ0v) is 9.76. The first-order valence-electron chi connectivity index (χ1n) is 4.37. The second-order valence-electron chi connectivity index (χ2n) is 2.84. The minimum atomic E-state index is -0.300. The zero-order valence-electron chi connectivity index (χ0n) is 8.17. The van der Waals surface area contributed by atoms with Crippen LogP contribution in [0.25, 0.3) is 0 Å². The molecule has 0 bridgehead atoms. The van der Waals surface area contributed by atoms with Gasteiger partial charge in [-0.2, -0.15) is 0 Å². The summed E-state index contributed by atoms with van der Waals surface area (Å²) >= 11 is 3.10. The van der Waals surface area contributed by atoms with E-state index in [1.807, 2.05) is 0 Å². The SMILES string of the molecule is CC(=O)NCCNC(=O)c1ccc(Br)o1. The minimum absolute atomic E-state index is 0.120. The standard InChI is InChI=1S/C9H11BrN2O3/c1-6(13)11-4-5-12-9(14)7-2-3-8(10)15-7/h2-3H,4-5H2,1H3,(H,11,13)(H,12,14). The lowest BCUT2D eigenvalue weighted by molar-refractivity contribution is -0.118. The molecule has 0 saturated heterocycles. The van der Waals surface area contributed by atoms with E-state index in [1.54, 1.807) is 12.1 Å². The largest absolute Gasteiger partial charge is 0.444 e. The van der Waals surface area contributed by atoms with Crippen molar-refractivity contribution in [2.75, 3.05) is 13.1 Å². The first kappa shape index (κ1) is 11.8. The zero-order chi connectivity index (χ0) is 11.3. The third kappa shape index (κ3) is 4.16. The summed E-state index contributed by atoms with van der Waals surface area (Å²) in [5.41, 5.74) is 0. The van der Waals surface area contributed by atoms with Crippen molar-refractivity contribution in [3.05, 3.63) is 22.6 Å². The second kappa shape index (κ2) is 5.55. The van der Waals surface area contributed by atoms with Gasteiger partial charge in [-0.05, 0) is 28.1 Å². The van der Waals surface area contributed by atoms with E-state index in [1.165, 1.54) is 6.92 Å². The summed E-state index contributed by atoms with van der Waals surface area (Å²) in [6.45, 7) is 2.20. The fourth-order valence-electron chi connectivity index (χ4n) is 0.938. The Morgan fingerprint density at radius 2 is 2.00 bits per heavy atom. The molecule has 82 valence electrons. The van der Waals surface area contributed by atoms with Crippen LogP contribution in [0.2, 0.25) is 0 Å². The maximum Gasteiger partial charge on any atom is 0.287 e. The molecule has 2 amide bonds. The van der Waals surface area contributed by atoms with Crippen molar-refractivity contribution in [1.29, 1.82) is 0 Å². The second-order valence-corrected chi connectivity index (χ2v) is 3.62. The molecule has 2 N–H and O–H groups in total. The molecular weight excluding hydrogens is 264 g/mol. The summed E-state index contributed by atoms with van der Waals surface area (Å²) in [6.07, 6.45) is 0. The Kier molecular flexibility index (Phi) is 4.36. The summed E-state index contributed by atoms with van der Waals surface area (Å²) in [5, 5.41) is 5.16. The molecule has 5 nitrogen and oxygen atoms in total. The van der Waals surface area contributed by atoms with Gasteiger partial charge in [-0.1, -0.05) is 0 Å². The van der Waals surface area contributed by atoms with Crippen molar-refractivity contribution in [2.24, 2.45) is 0 Å². The Morgan fingerprint density at radius 1 is 1.33 bits per heavy atom. The monoisotopic (exact) mass is 274 g/mol. The van der Waals surface area contributed by atoms with E-state index in [9.17, 15) is 9.59 Å². The van der Waals surface area contributed by atoms with Gasteiger partial charge in [0.05, 0.1) is 0 Å². The molecule has 1 aromatic heterocycles. The molecule has 0 spiro atoms. The maximum absolute atomic E-state index is 11.4. The van der Waals surface area contributed by atoms with Gasteiger partial charge in [-0.3, -0.25) is 9.59 Å². The fourth-order valence-corrected chi connectivity index (χ4v) is 1.24. The Labute approximate surface area is 95.3 Å². The van der Waals surface area contributed by atoms with Crippen LogP contribution >= 0.6 is 15.9 Å². The number of carbonyl (C=O) groups is 2. The van der Waals surface area contributed by atoms with Gasteiger partial charge in [0, 0.05) is 20.0 Å². The molecule has 0 radical (unpaired) electrons. The Bertz CT molecular complexity index is 362. The first-order valence-corrected chi connectivity index (χ1v) is 5.17. The number of carbonyl (C=O) groups excluding carboxylic acids is 2. The van der Waals surface area contributed by atoms with Crippen molar-refractivity contribution in [3.63, 3.8) is 0 Å². The lowest BCUT2D eigenvalue weighted by atomic mass is 10.4. The van der Waals surface area contributed by atoms with Crippen LogP contribution in [0.1, 0.15) is 17.5 Å². The Hall–Kier alpha value is -1.30. The van der Waals surface area contributed by atoms with Crippen LogP contribution in [-0.2, 0) is 4.79 Å². The lowest BCUT2D eigenvalue weighted by Crippen LogP contribution is -2.33. The molecule has 0 aliphatic rings. The van der Waals surface area contributed by atoms with E-state index in [2.05, 4.69) is 26.6 Å². The maximum atomic E-state index is 11.4.